The summed E-state index contributed by atoms with van der Waals surface area (Å²) in [6, 6.07) is 96.4. The van der Waals surface area contributed by atoms with Crippen molar-refractivity contribution in [1.29, 1.82) is 0 Å². The van der Waals surface area contributed by atoms with E-state index in [0.29, 0.717) is 0 Å². The van der Waals surface area contributed by atoms with Crippen molar-refractivity contribution in [2.24, 2.45) is 0 Å². The second kappa shape index (κ2) is 16.9. The van der Waals surface area contributed by atoms with Crippen molar-refractivity contribution in [3.63, 3.8) is 0 Å². The molecule has 0 unspecified atom stereocenters. The van der Waals surface area contributed by atoms with Gasteiger partial charge < -0.3 is 18.6 Å². The highest BCUT2D eigenvalue weighted by Gasteiger charge is 2.25. The lowest BCUT2D eigenvalue weighted by atomic mass is 9.84. The Balaban J connectivity index is 1.06. The standard InChI is InChI=1S/C70H44N2O2/c1-3-21-51(22-4-1)71(61-27-15-31-65-69(61)57-25-11-13-29-63(57)73-65)53-37-39-55-59(43-53)67(49-35-33-45-17-7-9-19-47(45)41-49)56-40-38-54(44-60(56)68(55)50-36-34-46-18-8-10-20-48(46)42-50)72(52-23-5-2-6-24-52)62-28-16-32-66-70(62)58-26-12-14-30-64(58)74-66/h1-44H. The summed E-state index contributed by atoms with van der Waals surface area (Å²) in [4.78, 5) is 4.80. The van der Waals surface area contributed by atoms with Gasteiger partial charge >= 0.3 is 0 Å². The van der Waals surface area contributed by atoms with E-state index in [0.717, 1.165) is 111 Å². The molecule has 2 aromatic heterocycles. The first-order chi connectivity index (χ1) is 36.7. The third-order valence-corrected chi connectivity index (χ3v) is 14.9. The van der Waals surface area contributed by atoms with Gasteiger partial charge in [0.2, 0.25) is 0 Å². The molecule has 0 N–H and O–H groups in total. The zero-order chi connectivity index (χ0) is 48.7. The first kappa shape index (κ1) is 41.8. The third-order valence-electron chi connectivity index (χ3n) is 14.9. The van der Waals surface area contributed by atoms with Gasteiger partial charge in [0.05, 0.1) is 22.1 Å². The molecule has 15 aromatic rings. The molecule has 0 bridgehead atoms. The summed E-state index contributed by atoms with van der Waals surface area (Å²) >= 11 is 0. The molecule has 0 aliphatic heterocycles. The largest absolute Gasteiger partial charge is 0.456 e. The summed E-state index contributed by atoms with van der Waals surface area (Å²) < 4.78 is 13.0. The molecular weight excluding hydrogens is 901 g/mol. The number of benzene rings is 13. The molecule has 74 heavy (non-hydrogen) atoms. The van der Waals surface area contributed by atoms with Crippen LogP contribution in [0.3, 0.4) is 0 Å². The van der Waals surface area contributed by atoms with Crippen LogP contribution in [0.4, 0.5) is 34.1 Å². The van der Waals surface area contributed by atoms with Crippen molar-refractivity contribution in [1.82, 2.24) is 0 Å². The van der Waals surface area contributed by atoms with Crippen molar-refractivity contribution < 1.29 is 8.83 Å². The molecule has 0 saturated heterocycles. The highest BCUT2D eigenvalue weighted by atomic mass is 16.3. The van der Waals surface area contributed by atoms with Gasteiger partial charge in [-0.25, -0.2) is 0 Å². The number of nitrogens with zero attached hydrogens (tertiary/aromatic N) is 2. The SMILES string of the molecule is c1ccc(N(c2ccc3c(-c4ccc5ccccc5c4)c4cc(N(c5ccccc5)c5cccc6oc7ccccc7c56)ccc4c(-c4ccc5ccccc5c4)c3c2)c2cccc3oc4ccccc4c23)cc1. The van der Waals surface area contributed by atoms with E-state index in [9.17, 15) is 0 Å². The van der Waals surface area contributed by atoms with Gasteiger partial charge in [0.15, 0.2) is 0 Å². The first-order valence-corrected chi connectivity index (χ1v) is 25.2. The van der Waals surface area contributed by atoms with Crippen LogP contribution in [-0.2, 0) is 0 Å². The van der Waals surface area contributed by atoms with Gasteiger partial charge in [0, 0.05) is 33.5 Å². The minimum atomic E-state index is 0.851. The molecule has 13 aromatic carbocycles. The van der Waals surface area contributed by atoms with Crippen molar-refractivity contribution in [2.75, 3.05) is 9.80 Å². The van der Waals surface area contributed by atoms with Gasteiger partial charge in [0.25, 0.3) is 0 Å². The van der Waals surface area contributed by atoms with Crippen LogP contribution in [0.1, 0.15) is 0 Å². The van der Waals surface area contributed by atoms with Crippen molar-refractivity contribution >= 4 is 121 Å². The topological polar surface area (TPSA) is 32.8 Å². The Morgan fingerprint density at radius 3 is 1.08 bits per heavy atom. The Labute approximate surface area is 426 Å². The van der Waals surface area contributed by atoms with E-state index in [4.69, 9.17) is 8.83 Å². The van der Waals surface area contributed by atoms with Crippen LogP contribution < -0.4 is 9.80 Å². The minimum absolute atomic E-state index is 0.851. The van der Waals surface area contributed by atoms with Crippen LogP contribution >= 0.6 is 0 Å². The fourth-order valence-corrected chi connectivity index (χ4v) is 11.7. The molecule has 0 amide bonds. The molecule has 15 rings (SSSR count). The fraction of sp³-hybridized carbons (Fsp3) is 0. The Kier molecular flexibility index (Phi) is 9.54. The van der Waals surface area contributed by atoms with Crippen LogP contribution in [0.2, 0.25) is 0 Å². The molecule has 0 atom stereocenters. The zero-order valence-electron chi connectivity index (χ0n) is 40.1. The molecular formula is C70H44N2O2. The van der Waals surface area contributed by atoms with Crippen LogP contribution in [0.15, 0.2) is 276 Å². The van der Waals surface area contributed by atoms with Crippen molar-refractivity contribution in [2.45, 2.75) is 0 Å². The van der Waals surface area contributed by atoms with E-state index in [1.165, 1.54) is 32.7 Å². The summed E-state index contributed by atoms with van der Waals surface area (Å²) in [6.45, 7) is 0. The van der Waals surface area contributed by atoms with Gasteiger partial charge in [-0.05, 0) is 162 Å². The van der Waals surface area contributed by atoms with Crippen LogP contribution in [-0.4, -0.2) is 0 Å². The maximum Gasteiger partial charge on any atom is 0.137 e. The third kappa shape index (κ3) is 6.69. The first-order valence-electron chi connectivity index (χ1n) is 25.2. The van der Waals surface area contributed by atoms with Gasteiger partial charge in [-0.2, -0.15) is 0 Å². The number of hydrogen-bond donors (Lipinski definition) is 0. The second-order valence-electron chi connectivity index (χ2n) is 19.2. The zero-order valence-corrected chi connectivity index (χ0v) is 40.1. The maximum atomic E-state index is 6.52. The molecule has 0 radical (unpaired) electrons. The monoisotopic (exact) mass is 944 g/mol. The van der Waals surface area contributed by atoms with Gasteiger partial charge in [-0.1, -0.05) is 170 Å². The maximum absolute atomic E-state index is 6.52. The summed E-state index contributed by atoms with van der Waals surface area (Å²) in [7, 11) is 0. The molecule has 0 spiro atoms. The lowest BCUT2D eigenvalue weighted by Crippen LogP contribution is -2.11. The van der Waals surface area contributed by atoms with Crippen LogP contribution in [0.5, 0.6) is 0 Å². The summed E-state index contributed by atoms with van der Waals surface area (Å²) in [5.74, 6) is 0. The molecule has 4 heteroatoms. The Morgan fingerprint density at radius 1 is 0.230 bits per heavy atom. The molecule has 346 valence electrons. The molecule has 0 fully saturated rings. The number of furan rings is 2. The van der Waals surface area contributed by atoms with Gasteiger partial charge in [0.1, 0.15) is 22.3 Å². The van der Waals surface area contributed by atoms with E-state index in [2.05, 4.69) is 265 Å². The van der Waals surface area contributed by atoms with Crippen molar-refractivity contribution in [3.05, 3.63) is 267 Å². The Hall–Kier alpha value is -9.90. The summed E-state index contributed by atoms with van der Waals surface area (Å²) in [5.41, 5.74) is 14.4. The quantitative estimate of drug-likeness (QED) is 0.142. The summed E-state index contributed by atoms with van der Waals surface area (Å²) in [6.07, 6.45) is 0. The van der Waals surface area contributed by atoms with E-state index >= 15 is 0 Å². The second-order valence-corrected chi connectivity index (χ2v) is 19.2. The smallest absolute Gasteiger partial charge is 0.137 e. The predicted octanol–water partition coefficient (Wildman–Crippen LogP) is 20.4. The number of anilines is 6. The van der Waals surface area contributed by atoms with Crippen molar-refractivity contribution in [3.8, 4) is 22.3 Å². The summed E-state index contributed by atoms with van der Waals surface area (Å²) in [5, 5.41) is 13.7. The number of rotatable bonds is 8. The van der Waals surface area contributed by atoms with Gasteiger partial charge in [-0.3, -0.25) is 0 Å². The normalized spacial score (nSPS) is 11.8. The molecule has 0 aliphatic rings. The van der Waals surface area contributed by atoms with Crippen LogP contribution in [0, 0.1) is 0 Å². The minimum Gasteiger partial charge on any atom is -0.456 e. The lowest BCUT2D eigenvalue weighted by molar-refractivity contribution is 0.668. The average Bonchev–Trinajstić information content (AvgIpc) is 4.05. The Bertz CT molecular complexity index is 4390. The highest BCUT2D eigenvalue weighted by Crippen LogP contribution is 2.51. The molecule has 0 aliphatic carbocycles. The lowest BCUT2D eigenvalue weighted by Gasteiger charge is -2.28. The average molecular weight is 945 g/mol. The number of fused-ring (bicyclic) bond motifs is 10. The molecule has 4 nitrogen and oxygen atoms in total. The van der Waals surface area contributed by atoms with E-state index in [-0.39, 0.29) is 0 Å². The van der Waals surface area contributed by atoms with E-state index in [1.54, 1.807) is 0 Å². The fourth-order valence-electron chi connectivity index (χ4n) is 11.7. The molecule has 2 heterocycles. The van der Waals surface area contributed by atoms with E-state index in [1.807, 2.05) is 12.1 Å². The van der Waals surface area contributed by atoms with E-state index < -0.39 is 0 Å². The highest BCUT2D eigenvalue weighted by molar-refractivity contribution is 6.24. The number of hydrogen-bond acceptors (Lipinski definition) is 4. The van der Waals surface area contributed by atoms with Crippen LogP contribution in [0.25, 0.3) is 109 Å². The van der Waals surface area contributed by atoms with Gasteiger partial charge in [-0.15, -0.1) is 0 Å². The Morgan fingerprint density at radius 2 is 0.622 bits per heavy atom. The number of para-hydroxylation sites is 4. The molecule has 0 saturated carbocycles. The predicted molar refractivity (Wildman–Crippen MR) is 311 cm³/mol.